The third-order valence-electron chi connectivity index (χ3n) is 3.83. The maximum Gasteiger partial charge on any atom is 0.182 e. The molecule has 0 saturated carbocycles. The highest BCUT2D eigenvalue weighted by Crippen LogP contribution is 2.36. The molecule has 4 nitrogen and oxygen atoms in total. The average Bonchev–Trinajstić information content (AvgIpc) is 2.94. The first-order valence-corrected chi connectivity index (χ1v) is 7.73. The summed E-state index contributed by atoms with van der Waals surface area (Å²) in [4.78, 5) is 0. The van der Waals surface area contributed by atoms with Crippen molar-refractivity contribution in [2.24, 2.45) is 7.05 Å². The first-order chi connectivity index (χ1) is 11.6. The zero-order valence-corrected chi connectivity index (χ0v) is 13.5. The molecule has 0 bridgehead atoms. The largest absolute Gasteiger partial charge is 0.248 e. The molecule has 0 atom stereocenters. The molecule has 0 aliphatic rings. The fourth-order valence-electron chi connectivity index (χ4n) is 2.71. The van der Waals surface area contributed by atoms with Gasteiger partial charge in [-0.2, -0.15) is 5.10 Å². The SMILES string of the molecule is Cn1nc(-c2cccc(F)c2)c2c(Cl)c(-c3ccccc3)nnc21. The molecule has 0 fully saturated rings. The van der Waals surface area contributed by atoms with E-state index in [1.54, 1.807) is 23.9 Å². The monoisotopic (exact) mass is 338 g/mol. The summed E-state index contributed by atoms with van der Waals surface area (Å²) < 4.78 is 15.2. The molecule has 24 heavy (non-hydrogen) atoms. The van der Waals surface area contributed by atoms with Gasteiger partial charge in [0.2, 0.25) is 0 Å². The van der Waals surface area contributed by atoms with Crippen LogP contribution in [0, 0.1) is 5.82 Å². The fourth-order valence-corrected chi connectivity index (χ4v) is 3.03. The normalized spacial score (nSPS) is 11.1. The summed E-state index contributed by atoms with van der Waals surface area (Å²) in [6, 6.07) is 15.8. The van der Waals surface area contributed by atoms with E-state index < -0.39 is 0 Å². The minimum atomic E-state index is -0.326. The topological polar surface area (TPSA) is 43.6 Å². The maximum absolute atomic E-state index is 13.6. The lowest BCUT2D eigenvalue weighted by Gasteiger charge is -2.05. The van der Waals surface area contributed by atoms with E-state index in [1.807, 2.05) is 30.3 Å². The standard InChI is InChI=1S/C18H12ClFN4/c1-24-18-14(16(23-24)12-8-5-9-13(20)10-12)15(19)17(21-22-18)11-6-3-2-4-7-11/h2-10H,1H3. The van der Waals surface area contributed by atoms with Gasteiger partial charge in [-0.25, -0.2) is 9.07 Å². The Hall–Kier alpha value is -2.79. The number of hydrogen-bond donors (Lipinski definition) is 0. The summed E-state index contributed by atoms with van der Waals surface area (Å²) in [6.07, 6.45) is 0. The van der Waals surface area contributed by atoms with E-state index in [0.717, 1.165) is 5.56 Å². The van der Waals surface area contributed by atoms with Gasteiger partial charge in [0.1, 0.15) is 17.2 Å². The Kier molecular flexibility index (Phi) is 3.50. The van der Waals surface area contributed by atoms with Crippen molar-refractivity contribution >= 4 is 22.6 Å². The van der Waals surface area contributed by atoms with Gasteiger partial charge in [0, 0.05) is 18.2 Å². The molecule has 0 saturated heterocycles. The number of nitrogens with zero attached hydrogens (tertiary/aromatic N) is 4. The molecule has 118 valence electrons. The Labute approximate surface area is 142 Å². The average molecular weight is 339 g/mol. The number of halogens is 2. The van der Waals surface area contributed by atoms with Crippen LogP contribution in [0.3, 0.4) is 0 Å². The van der Waals surface area contributed by atoms with Gasteiger partial charge in [-0.1, -0.05) is 54.1 Å². The molecule has 6 heteroatoms. The highest BCUT2D eigenvalue weighted by atomic mass is 35.5. The van der Waals surface area contributed by atoms with E-state index >= 15 is 0 Å². The van der Waals surface area contributed by atoms with Gasteiger partial charge in [0.15, 0.2) is 5.65 Å². The summed E-state index contributed by atoms with van der Waals surface area (Å²) in [5.41, 5.74) is 3.24. The van der Waals surface area contributed by atoms with Crippen molar-refractivity contribution in [2.45, 2.75) is 0 Å². The number of rotatable bonds is 2. The van der Waals surface area contributed by atoms with Crippen LogP contribution in [0.2, 0.25) is 5.02 Å². The number of aryl methyl sites for hydroxylation is 1. The molecule has 2 aromatic heterocycles. The summed E-state index contributed by atoms with van der Waals surface area (Å²) >= 11 is 6.63. The lowest BCUT2D eigenvalue weighted by atomic mass is 10.1. The van der Waals surface area contributed by atoms with Crippen molar-refractivity contribution in [3.63, 3.8) is 0 Å². The van der Waals surface area contributed by atoms with Crippen LogP contribution < -0.4 is 0 Å². The highest BCUT2D eigenvalue weighted by molar-refractivity contribution is 6.38. The van der Waals surface area contributed by atoms with Crippen LogP contribution in [0.15, 0.2) is 54.6 Å². The number of hydrogen-bond acceptors (Lipinski definition) is 3. The Morgan fingerprint density at radius 1 is 0.917 bits per heavy atom. The van der Waals surface area contributed by atoms with Gasteiger partial charge in [-0.3, -0.25) is 0 Å². The number of benzene rings is 2. The number of fused-ring (bicyclic) bond motifs is 1. The second-order valence-electron chi connectivity index (χ2n) is 5.41. The highest BCUT2D eigenvalue weighted by Gasteiger charge is 2.19. The predicted molar refractivity (Wildman–Crippen MR) is 92.1 cm³/mol. The first kappa shape index (κ1) is 14.8. The zero-order chi connectivity index (χ0) is 16.7. The minimum absolute atomic E-state index is 0.326. The van der Waals surface area contributed by atoms with E-state index in [4.69, 9.17) is 11.6 Å². The Morgan fingerprint density at radius 2 is 1.67 bits per heavy atom. The van der Waals surface area contributed by atoms with Crippen LogP contribution in [0.5, 0.6) is 0 Å². The lowest BCUT2D eigenvalue weighted by Crippen LogP contribution is -1.95. The molecule has 0 spiro atoms. The second kappa shape index (κ2) is 5.69. The summed E-state index contributed by atoms with van der Waals surface area (Å²) in [6.45, 7) is 0. The van der Waals surface area contributed by atoms with Crippen molar-refractivity contribution < 1.29 is 4.39 Å². The van der Waals surface area contributed by atoms with Crippen molar-refractivity contribution in [3.05, 3.63) is 65.4 Å². The third kappa shape index (κ3) is 2.34. The smallest absolute Gasteiger partial charge is 0.182 e. The molecule has 0 N–H and O–H groups in total. The molecule has 4 aromatic rings. The molecule has 0 radical (unpaired) electrons. The van der Waals surface area contributed by atoms with Crippen LogP contribution in [-0.2, 0) is 7.05 Å². The molecular weight excluding hydrogens is 327 g/mol. The van der Waals surface area contributed by atoms with Crippen molar-refractivity contribution in [2.75, 3.05) is 0 Å². The van der Waals surface area contributed by atoms with E-state index in [1.165, 1.54) is 12.1 Å². The molecular formula is C18H12ClFN4. The van der Waals surface area contributed by atoms with Gasteiger partial charge in [0.05, 0.1) is 10.4 Å². The summed E-state index contributed by atoms with van der Waals surface area (Å²) in [7, 11) is 1.76. The molecule has 4 rings (SSSR count). The van der Waals surface area contributed by atoms with E-state index in [0.29, 0.717) is 33.0 Å². The van der Waals surface area contributed by atoms with Crippen LogP contribution in [0.4, 0.5) is 4.39 Å². The van der Waals surface area contributed by atoms with Crippen LogP contribution >= 0.6 is 11.6 Å². The molecule has 0 amide bonds. The van der Waals surface area contributed by atoms with Gasteiger partial charge < -0.3 is 0 Å². The zero-order valence-electron chi connectivity index (χ0n) is 12.7. The van der Waals surface area contributed by atoms with E-state index in [9.17, 15) is 4.39 Å². The molecule has 0 unspecified atom stereocenters. The van der Waals surface area contributed by atoms with Crippen molar-refractivity contribution in [1.29, 1.82) is 0 Å². The van der Waals surface area contributed by atoms with E-state index in [-0.39, 0.29) is 5.82 Å². The lowest BCUT2D eigenvalue weighted by molar-refractivity contribution is 0.628. The second-order valence-corrected chi connectivity index (χ2v) is 5.79. The Morgan fingerprint density at radius 3 is 2.42 bits per heavy atom. The van der Waals surface area contributed by atoms with E-state index in [2.05, 4.69) is 15.3 Å². The molecule has 2 aromatic carbocycles. The van der Waals surface area contributed by atoms with Crippen LogP contribution in [-0.4, -0.2) is 20.0 Å². The summed E-state index contributed by atoms with van der Waals surface area (Å²) in [5.74, 6) is -0.326. The van der Waals surface area contributed by atoms with Crippen LogP contribution in [0.25, 0.3) is 33.5 Å². The van der Waals surface area contributed by atoms with Crippen LogP contribution in [0.1, 0.15) is 0 Å². The van der Waals surface area contributed by atoms with Gasteiger partial charge in [0.25, 0.3) is 0 Å². The summed E-state index contributed by atoms with van der Waals surface area (Å²) in [5, 5.41) is 14.1. The van der Waals surface area contributed by atoms with Gasteiger partial charge in [-0.15, -0.1) is 10.2 Å². The van der Waals surface area contributed by atoms with Gasteiger partial charge >= 0.3 is 0 Å². The van der Waals surface area contributed by atoms with Crippen molar-refractivity contribution in [1.82, 2.24) is 20.0 Å². The fraction of sp³-hybridized carbons (Fsp3) is 0.0556. The minimum Gasteiger partial charge on any atom is -0.248 e. The maximum atomic E-state index is 13.6. The predicted octanol–water partition coefficient (Wildman–Crippen LogP) is 4.49. The quantitative estimate of drug-likeness (QED) is 0.541. The molecule has 0 aliphatic heterocycles. The first-order valence-electron chi connectivity index (χ1n) is 7.35. The molecule has 2 heterocycles. The third-order valence-corrected chi connectivity index (χ3v) is 4.20. The van der Waals surface area contributed by atoms with Crippen molar-refractivity contribution in [3.8, 4) is 22.5 Å². The molecule has 0 aliphatic carbocycles. The Balaban J connectivity index is 2.02. The number of aromatic nitrogens is 4. The van der Waals surface area contributed by atoms with Gasteiger partial charge in [-0.05, 0) is 12.1 Å². The Bertz CT molecular complexity index is 1040.